The third kappa shape index (κ3) is 5.30. The summed E-state index contributed by atoms with van der Waals surface area (Å²) in [6, 6.07) is 4.15. The zero-order valence-electron chi connectivity index (χ0n) is 19.3. The van der Waals surface area contributed by atoms with E-state index < -0.39 is 21.6 Å². The first-order valence-corrected chi connectivity index (χ1v) is 13.2. The van der Waals surface area contributed by atoms with Crippen LogP contribution >= 0.6 is 0 Å². The van der Waals surface area contributed by atoms with Crippen LogP contribution in [0, 0.1) is 13.8 Å². The fourth-order valence-corrected chi connectivity index (χ4v) is 6.69. The van der Waals surface area contributed by atoms with Crippen molar-refractivity contribution in [3.8, 4) is 0 Å². The largest absolute Gasteiger partial charge is 0.417 e. The monoisotopic (exact) mass is 498 g/mol. The van der Waals surface area contributed by atoms with Crippen LogP contribution < -0.4 is 4.90 Å². The lowest BCUT2D eigenvalue weighted by Crippen LogP contribution is -2.34. The van der Waals surface area contributed by atoms with Crippen LogP contribution in [0.25, 0.3) is 0 Å². The van der Waals surface area contributed by atoms with Crippen LogP contribution in [0.2, 0.25) is 0 Å². The lowest BCUT2D eigenvalue weighted by molar-refractivity contribution is -0.137. The molecule has 1 atom stereocenters. The highest BCUT2D eigenvalue weighted by molar-refractivity contribution is 7.91. The highest BCUT2D eigenvalue weighted by Crippen LogP contribution is 2.30. The van der Waals surface area contributed by atoms with E-state index in [1.54, 1.807) is 0 Å². The van der Waals surface area contributed by atoms with E-state index in [1.165, 1.54) is 6.07 Å². The first-order chi connectivity index (χ1) is 15.9. The van der Waals surface area contributed by atoms with Crippen LogP contribution in [0.4, 0.5) is 19.0 Å². The molecule has 2 fully saturated rings. The minimum atomic E-state index is -4.41. The van der Waals surface area contributed by atoms with E-state index in [0.29, 0.717) is 44.0 Å². The number of carbonyl (C=O) groups is 1. The maximum atomic E-state index is 13.1. The number of halogens is 3. The Hall–Kier alpha value is -2.40. The molecular weight excluding hydrogens is 469 g/mol. The smallest absolute Gasteiger partial charge is 0.355 e. The molecule has 2 aromatic heterocycles. The van der Waals surface area contributed by atoms with E-state index in [1.807, 2.05) is 29.4 Å². The summed E-state index contributed by atoms with van der Waals surface area (Å²) in [6.45, 7) is 6.50. The summed E-state index contributed by atoms with van der Waals surface area (Å²) < 4.78 is 64.2. The highest BCUT2D eigenvalue weighted by Gasteiger charge is 2.32. The van der Waals surface area contributed by atoms with E-state index >= 15 is 0 Å². The number of carbonyl (C=O) groups excluding carboxylic acids is 1. The molecule has 34 heavy (non-hydrogen) atoms. The number of aryl methyl sites for hydroxylation is 1. The van der Waals surface area contributed by atoms with Crippen LogP contribution in [-0.2, 0) is 16.0 Å². The van der Waals surface area contributed by atoms with Crippen molar-refractivity contribution in [2.24, 2.45) is 0 Å². The number of alkyl halides is 3. The van der Waals surface area contributed by atoms with E-state index in [4.69, 9.17) is 0 Å². The number of hydrogen-bond donors (Lipinski definition) is 0. The lowest BCUT2D eigenvalue weighted by atomic mass is 10.1. The Balaban J connectivity index is 1.40. The Bertz CT molecular complexity index is 1160. The molecular formula is C23H29F3N4O3S. The number of ketones is 1. The van der Waals surface area contributed by atoms with Crippen LogP contribution in [0.1, 0.15) is 46.2 Å². The van der Waals surface area contributed by atoms with Gasteiger partial charge in [-0.1, -0.05) is 0 Å². The zero-order chi connectivity index (χ0) is 24.7. The number of anilines is 1. The summed E-state index contributed by atoms with van der Waals surface area (Å²) >= 11 is 0. The quantitative estimate of drug-likeness (QED) is 0.589. The fraction of sp³-hybridized carbons (Fsp3) is 0.565. The Morgan fingerprint density at radius 3 is 2.53 bits per heavy atom. The molecule has 0 radical (unpaired) electrons. The zero-order valence-corrected chi connectivity index (χ0v) is 20.1. The second-order valence-electron chi connectivity index (χ2n) is 9.15. The molecule has 0 aliphatic carbocycles. The van der Waals surface area contributed by atoms with Gasteiger partial charge < -0.3 is 9.47 Å². The molecule has 2 aliphatic heterocycles. The van der Waals surface area contributed by atoms with Gasteiger partial charge in [0.1, 0.15) is 5.82 Å². The van der Waals surface area contributed by atoms with Crippen molar-refractivity contribution in [1.82, 2.24) is 14.5 Å². The predicted octanol–water partition coefficient (Wildman–Crippen LogP) is 3.27. The predicted molar refractivity (Wildman–Crippen MR) is 123 cm³/mol. The maximum Gasteiger partial charge on any atom is 0.417 e. The Morgan fingerprint density at radius 1 is 1.15 bits per heavy atom. The summed E-state index contributed by atoms with van der Waals surface area (Å²) in [5.74, 6) is 0.769. The number of Topliss-reactive ketones (excluding diaryl/α,β-unsaturated/α-hetero) is 1. The molecule has 0 bridgehead atoms. The van der Waals surface area contributed by atoms with Gasteiger partial charge in [-0.3, -0.25) is 9.69 Å². The number of hydrogen-bond acceptors (Lipinski definition) is 6. The van der Waals surface area contributed by atoms with Crippen molar-refractivity contribution in [2.45, 2.75) is 38.9 Å². The molecule has 7 nitrogen and oxygen atoms in total. The summed E-state index contributed by atoms with van der Waals surface area (Å²) in [7, 11) is -3.03. The summed E-state index contributed by atoms with van der Waals surface area (Å²) in [4.78, 5) is 21.1. The number of pyridine rings is 1. The van der Waals surface area contributed by atoms with Crippen molar-refractivity contribution in [3.63, 3.8) is 0 Å². The molecule has 11 heteroatoms. The molecule has 0 N–H and O–H groups in total. The summed E-state index contributed by atoms with van der Waals surface area (Å²) in [5, 5.41) is 0. The Kier molecular flexibility index (Phi) is 6.78. The second-order valence-corrected chi connectivity index (χ2v) is 11.4. The number of rotatable bonds is 5. The fourth-order valence-electron chi connectivity index (χ4n) is 4.99. The van der Waals surface area contributed by atoms with Crippen molar-refractivity contribution < 1.29 is 26.4 Å². The Labute approximate surface area is 197 Å². The summed E-state index contributed by atoms with van der Waals surface area (Å²) in [5.41, 5.74) is 1.53. The summed E-state index contributed by atoms with van der Waals surface area (Å²) in [6.07, 6.45) is -2.24. The number of nitrogens with zero attached hydrogens (tertiary/aromatic N) is 4. The molecule has 4 heterocycles. The molecule has 2 aromatic rings. The van der Waals surface area contributed by atoms with E-state index in [9.17, 15) is 26.4 Å². The van der Waals surface area contributed by atoms with Crippen LogP contribution in [0.5, 0.6) is 0 Å². The molecule has 186 valence electrons. The molecule has 0 aromatic carbocycles. The SMILES string of the molecule is Cc1cc(C(=O)CN2CCCN(c3ccc(C(F)(F)F)cn3)CC2)c(C)n1[C@H]1CCS(=O)(=O)C1. The van der Waals surface area contributed by atoms with Gasteiger partial charge >= 0.3 is 6.18 Å². The molecule has 0 saturated carbocycles. The van der Waals surface area contributed by atoms with Gasteiger partial charge in [-0.25, -0.2) is 13.4 Å². The van der Waals surface area contributed by atoms with E-state index in [2.05, 4.69) is 9.88 Å². The second kappa shape index (κ2) is 9.33. The van der Waals surface area contributed by atoms with Crippen LogP contribution in [0.15, 0.2) is 24.4 Å². The average Bonchev–Trinajstić information content (AvgIpc) is 3.15. The van der Waals surface area contributed by atoms with Gasteiger partial charge in [0, 0.05) is 55.4 Å². The Morgan fingerprint density at radius 2 is 1.91 bits per heavy atom. The van der Waals surface area contributed by atoms with Gasteiger partial charge in [0.15, 0.2) is 15.6 Å². The topological polar surface area (TPSA) is 75.5 Å². The molecule has 2 aliphatic rings. The number of sulfone groups is 1. The van der Waals surface area contributed by atoms with Crippen LogP contribution in [-0.4, -0.2) is 72.9 Å². The molecule has 4 rings (SSSR count). The van der Waals surface area contributed by atoms with E-state index in [-0.39, 0.29) is 29.9 Å². The van der Waals surface area contributed by atoms with Gasteiger partial charge in [0.2, 0.25) is 0 Å². The van der Waals surface area contributed by atoms with Gasteiger partial charge in [0.05, 0.1) is 23.6 Å². The van der Waals surface area contributed by atoms with E-state index in [0.717, 1.165) is 30.1 Å². The van der Waals surface area contributed by atoms with Crippen LogP contribution in [0.3, 0.4) is 0 Å². The first-order valence-electron chi connectivity index (χ1n) is 11.4. The molecule has 0 spiro atoms. The van der Waals surface area contributed by atoms with Crippen molar-refractivity contribution >= 4 is 21.4 Å². The van der Waals surface area contributed by atoms with Crippen molar-refractivity contribution in [2.75, 3.05) is 49.1 Å². The highest BCUT2D eigenvalue weighted by atomic mass is 32.2. The van der Waals surface area contributed by atoms with Crippen molar-refractivity contribution in [1.29, 1.82) is 0 Å². The molecule has 2 saturated heterocycles. The molecule has 0 amide bonds. The van der Waals surface area contributed by atoms with Gasteiger partial charge in [-0.2, -0.15) is 13.2 Å². The van der Waals surface area contributed by atoms with Gasteiger partial charge in [-0.05, 0) is 44.9 Å². The number of aromatic nitrogens is 2. The van der Waals surface area contributed by atoms with Gasteiger partial charge in [-0.15, -0.1) is 0 Å². The minimum absolute atomic E-state index is 0.0127. The molecule has 0 unspecified atom stereocenters. The van der Waals surface area contributed by atoms with Gasteiger partial charge in [0.25, 0.3) is 0 Å². The van der Waals surface area contributed by atoms with Crippen molar-refractivity contribution in [3.05, 3.63) is 46.9 Å². The standard InChI is InChI=1S/C23H29F3N4O3S/c1-16-12-20(17(2)30(16)19-6-11-34(32,33)15-19)21(31)14-28-7-3-8-29(10-9-28)22-5-4-18(13-27-22)23(24,25)26/h4-5,12-13,19H,3,6-11,14-15H2,1-2H3/t19-/m0/s1. The normalized spacial score (nSPS) is 21.6. The third-order valence-electron chi connectivity index (χ3n) is 6.71. The first kappa shape index (κ1) is 24.7. The average molecular weight is 499 g/mol. The third-order valence-corrected chi connectivity index (χ3v) is 8.46. The lowest BCUT2D eigenvalue weighted by Gasteiger charge is -2.23. The maximum absolute atomic E-state index is 13.1. The minimum Gasteiger partial charge on any atom is -0.355 e.